The van der Waals surface area contributed by atoms with Gasteiger partial charge in [-0.3, -0.25) is 9.78 Å². The zero-order valence-electron chi connectivity index (χ0n) is 18.3. The van der Waals surface area contributed by atoms with E-state index in [4.69, 9.17) is 5.73 Å². The summed E-state index contributed by atoms with van der Waals surface area (Å²) >= 11 is 0. The molecule has 31 heavy (non-hydrogen) atoms. The number of carbonyl (C=O) groups excluding carboxylic acids is 1. The molecule has 0 bridgehead atoms. The van der Waals surface area contributed by atoms with Gasteiger partial charge in [-0.2, -0.15) is 0 Å². The number of hydrogen-bond donors (Lipinski definition) is 1. The fraction of sp³-hybridized carbons (Fsp3) is 0.333. The summed E-state index contributed by atoms with van der Waals surface area (Å²) in [6.45, 7) is 4.83. The molecule has 1 fully saturated rings. The Morgan fingerprint density at radius 1 is 1.03 bits per heavy atom. The van der Waals surface area contributed by atoms with E-state index in [9.17, 15) is 4.79 Å². The van der Waals surface area contributed by atoms with E-state index in [0.717, 1.165) is 29.8 Å². The van der Waals surface area contributed by atoms with Gasteiger partial charge in [-0.1, -0.05) is 68.8 Å². The number of amides is 1. The minimum Gasteiger partial charge on any atom is -0.326 e. The van der Waals surface area contributed by atoms with E-state index in [1.54, 1.807) is 6.20 Å². The van der Waals surface area contributed by atoms with Crippen molar-refractivity contribution >= 4 is 11.6 Å². The number of benzene rings is 2. The first-order valence-corrected chi connectivity index (χ1v) is 11.2. The van der Waals surface area contributed by atoms with Crippen LogP contribution in [-0.4, -0.2) is 23.5 Å². The summed E-state index contributed by atoms with van der Waals surface area (Å²) < 4.78 is 0. The van der Waals surface area contributed by atoms with Crippen LogP contribution in [0.1, 0.15) is 38.3 Å². The van der Waals surface area contributed by atoms with Gasteiger partial charge in [0, 0.05) is 42.0 Å². The fourth-order valence-corrected chi connectivity index (χ4v) is 4.07. The van der Waals surface area contributed by atoms with E-state index in [-0.39, 0.29) is 23.8 Å². The van der Waals surface area contributed by atoms with Gasteiger partial charge in [0.1, 0.15) is 0 Å². The first-order valence-electron chi connectivity index (χ1n) is 11.2. The first kappa shape index (κ1) is 21.3. The number of pyridine rings is 1. The number of anilines is 1. The highest BCUT2D eigenvalue weighted by molar-refractivity contribution is 5.97. The maximum atomic E-state index is 13.5. The summed E-state index contributed by atoms with van der Waals surface area (Å²) in [5.74, 6) is 0.694. The molecule has 1 amide bonds. The maximum absolute atomic E-state index is 13.5. The largest absolute Gasteiger partial charge is 0.326 e. The number of carbonyl (C=O) groups is 1. The molecule has 2 aromatic carbocycles. The Bertz CT molecular complexity index is 988. The van der Waals surface area contributed by atoms with Crippen molar-refractivity contribution in [2.24, 2.45) is 17.6 Å². The van der Waals surface area contributed by atoms with Crippen LogP contribution in [-0.2, 0) is 4.79 Å². The lowest BCUT2D eigenvalue weighted by Gasteiger charge is -2.29. The molecule has 0 spiro atoms. The average molecular weight is 414 g/mol. The van der Waals surface area contributed by atoms with Gasteiger partial charge < -0.3 is 10.6 Å². The molecule has 4 nitrogen and oxygen atoms in total. The summed E-state index contributed by atoms with van der Waals surface area (Å²) in [6.07, 6.45) is 3.65. The van der Waals surface area contributed by atoms with E-state index in [2.05, 4.69) is 43.1 Å². The monoisotopic (exact) mass is 413 g/mol. The van der Waals surface area contributed by atoms with Gasteiger partial charge in [0.25, 0.3) is 0 Å². The van der Waals surface area contributed by atoms with Crippen molar-refractivity contribution in [3.8, 4) is 11.1 Å². The molecule has 0 aliphatic heterocycles. The summed E-state index contributed by atoms with van der Waals surface area (Å²) in [7, 11) is 0. The summed E-state index contributed by atoms with van der Waals surface area (Å²) in [5, 5.41) is 0. The Labute approximate surface area is 185 Å². The van der Waals surface area contributed by atoms with Gasteiger partial charge in [0.15, 0.2) is 0 Å². The van der Waals surface area contributed by atoms with Crippen LogP contribution in [0, 0.1) is 11.8 Å². The summed E-state index contributed by atoms with van der Waals surface area (Å²) in [4.78, 5) is 19.9. The van der Waals surface area contributed by atoms with Crippen LogP contribution < -0.4 is 10.6 Å². The van der Waals surface area contributed by atoms with Crippen LogP contribution in [0.3, 0.4) is 0 Å². The van der Waals surface area contributed by atoms with Crippen molar-refractivity contribution in [1.29, 1.82) is 0 Å². The molecule has 4 atom stereocenters. The molecule has 160 valence electrons. The molecule has 0 radical (unpaired) electrons. The lowest BCUT2D eigenvalue weighted by molar-refractivity contribution is -0.120. The van der Waals surface area contributed by atoms with Crippen molar-refractivity contribution in [2.45, 2.75) is 38.6 Å². The predicted octanol–water partition coefficient (Wildman–Crippen LogP) is 5.26. The van der Waals surface area contributed by atoms with Gasteiger partial charge in [-0.15, -0.1) is 0 Å². The molecule has 2 N–H and O–H groups in total. The van der Waals surface area contributed by atoms with Crippen LogP contribution in [0.4, 0.5) is 5.69 Å². The second kappa shape index (κ2) is 9.44. The predicted molar refractivity (Wildman–Crippen MR) is 127 cm³/mol. The van der Waals surface area contributed by atoms with Crippen molar-refractivity contribution in [2.75, 3.05) is 11.4 Å². The summed E-state index contributed by atoms with van der Waals surface area (Å²) in [6, 6.07) is 24.4. The van der Waals surface area contributed by atoms with Gasteiger partial charge in [-0.05, 0) is 47.7 Å². The molecule has 1 aliphatic rings. The van der Waals surface area contributed by atoms with Crippen molar-refractivity contribution in [3.05, 3.63) is 84.7 Å². The van der Waals surface area contributed by atoms with Gasteiger partial charge in [-0.25, -0.2) is 0 Å². The molecule has 1 aromatic heterocycles. The minimum absolute atomic E-state index is 0.0205. The summed E-state index contributed by atoms with van der Waals surface area (Å²) in [5.41, 5.74) is 10.7. The smallest absolute Gasteiger partial charge is 0.230 e. The normalized spacial score (nSPS) is 19.5. The molecule has 0 unspecified atom stereocenters. The van der Waals surface area contributed by atoms with Crippen LogP contribution >= 0.6 is 0 Å². The second-order valence-corrected chi connectivity index (χ2v) is 8.61. The lowest BCUT2D eigenvalue weighted by Crippen LogP contribution is -2.45. The first-order chi connectivity index (χ1) is 15.1. The highest BCUT2D eigenvalue weighted by Gasteiger charge is 2.47. The third-order valence-corrected chi connectivity index (χ3v) is 6.50. The van der Waals surface area contributed by atoms with E-state index < -0.39 is 0 Å². The number of aromatic nitrogens is 1. The zero-order valence-corrected chi connectivity index (χ0v) is 18.3. The van der Waals surface area contributed by atoms with Gasteiger partial charge in [0.05, 0.1) is 0 Å². The number of rotatable bonds is 8. The van der Waals surface area contributed by atoms with E-state index in [1.807, 2.05) is 53.4 Å². The topological polar surface area (TPSA) is 59.2 Å². The van der Waals surface area contributed by atoms with Crippen molar-refractivity contribution in [1.82, 2.24) is 4.98 Å². The Kier molecular flexibility index (Phi) is 6.47. The van der Waals surface area contributed by atoms with E-state index in [0.29, 0.717) is 12.5 Å². The number of hydrogen-bond acceptors (Lipinski definition) is 3. The standard InChI is InChI=1S/C27H31N3O/c1-3-19(2)25(28)18-30(27(31)24-17-23(24)26-11-7-8-16-29-26)22-14-12-21(13-15-22)20-9-5-4-6-10-20/h4-16,19,23-25H,3,17-18,28H2,1-2H3/t19-,23+,24+,25+/m0/s1. The Balaban J connectivity index is 1.56. The molecular formula is C27H31N3O. The van der Waals surface area contributed by atoms with Crippen LogP contribution in [0.5, 0.6) is 0 Å². The Morgan fingerprint density at radius 2 is 1.71 bits per heavy atom. The quantitative estimate of drug-likeness (QED) is 0.548. The molecule has 4 rings (SSSR count). The highest BCUT2D eigenvalue weighted by atomic mass is 16.2. The minimum atomic E-state index is -0.0604. The van der Waals surface area contributed by atoms with Crippen LogP contribution in [0.2, 0.25) is 0 Å². The molecule has 0 saturated heterocycles. The third-order valence-electron chi connectivity index (χ3n) is 6.50. The Hall–Kier alpha value is -2.98. The van der Waals surface area contributed by atoms with E-state index >= 15 is 0 Å². The molecule has 4 heteroatoms. The molecule has 1 saturated carbocycles. The molecule has 1 aliphatic carbocycles. The Morgan fingerprint density at radius 3 is 2.35 bits per heavy atom. The zero-order chi connectivity index (χ0) is 21.8. The van der Waals surface area contributed by atoms with Crippen molar-refractivity contribution in [3.63, 3.8) is 0 Å². The van der Waals surface area contributed by atoms with Gasteiger partial charge >= 0.3 is 0 Å². The number of nitrogens with zero attached hydrogens (tertiary/aromatic N) is 2. The maximum Gasteiger partial charge on any atom is 0.230 e. The molecule has 1 heterocycles. The fourth-order valence-electron chi connectivity index (χ4n) is 4.07. The highest BCUT2D eigenvalue weighted by Crippen LogP contribution is 2.48. The lowest BCUT2D eigenvalue weighted by atomic mass is 9.99. The van der Waals surface area contributed by atoms with E-state index in [1.165, 1.54) is 5.56 Å². The second-order valence-electron chi connectivity index (χ2n) is 8.61. The SMILES string of the molecule is CC[C@H](C)[C@H](N)CN(C(=O)[C@@H]1C[C@H]1c1ccccn1)c1ccc(-c2ccccc2)cc1. The molecule has 3 aromatic rings. The van der Waals surface area contributed by atoms with Crippen LogP contribution in [0.25, 0.3) is 11.1 Å². The average Bonchev–Trinajstić information content (AvgIpc) is 3.64. The molecular weight excluding hydrogens is 382 g/mol. The van der Waals surface area contributed by atoms with Crippen LogP contribution in [0.15, 0.2) is 79.0 Å². The van der Waals surface area contributed by atoms with Crippen molar-refractivity contribution < 1.29 is 4.79 Å². The third kappa shape index (κ3) is 4.86. The number of nitrogens with two attached hydrogens (primary N) is 1. The van der Waals surface area contributed by atoms with Gasteiger partial charge in [0.2, 0.25) is 5.91 Å².